The summed E-state index contributed by atoms with van der Waals surface area (Å²) in [5.41, 5.74) is 1.59. The van der Waals surface area contributed by atoms with Crippen LogP contribution in [0.2, 0.25) is 0 Å². The molecule has 1 unspecified atom stereocenters. The van der Waals surface area contributed by atoms with E-state index < -0.39 is 5.60 Å². The second kappa shape index (κ2) is 12.4. The minimum Gasteiger partial charge on any atom is -0.497 e. The first-order valence-electron chi connectivity index (χ1n) is 11.4. The number of nitrogens with one attached hydrogen (secondary N) is 1. The quantitative estimate of drug-likeness (QED) is 0.184. The van der Waals surface area contributed by atoms with E-state index in [1.165, 1.54) is 0 Å². The summed E-state index contributed by atoms with van der Waals surface area (Å²) in [7, 11) is 6.65. The number of likely N-dealkylation sites (N-methyl/N-ethyl adjacent to an activating group) is 1. The first-order chi connectivity index (χ1) is 16.9. The molecule has 0 spiro atoms. The molecule has 0 saturated heterocycles. The van der Waals surface area contributed by atoms with Gasteiger partial charge in [-0.1, -0.05) is 52.9 Å². The molecule has 3 aromatic rings. The number of rotatable bonds is 12. The standard InChI is InChI=1S/C28H32INO5/c1-30-25(26(31)18-29)15-5-19-17-22(10-16-27(19)35-4)28(32,20-6-11-23(33-2)12-7-20)21-8-13-24(34-3)14-9-21/h6-14,16-17,25,30,32H,5,15,18H2,1-4H3. The number of carbonyl (C=O) groups is 1. The lowest BCUT2D eigenvalue weighted by Crippen LogP contribution is -2.35. The highest BCUT2D eigenvalue weighted by atomic mass is 127. The molecular weight excluding hydrogens is 557 g/mol. The highest BCUT2D eigenvalue weighted by Crippen LogP contribution is 2.39. The van der Waals surface area contributed by atoms with E-state index >= 15 is 0 Å². The minimum absolute atomic E-state index is 0.163. The second-order valence-corrected chi connectivity index (χ2v) is 8.94. The van der Waals surface area contributed by atoms with Gasteiger partial charge in [-0.25, -0.2) is 0 Å². The smallest absolute Gasteiger partial charge is 0.159 e. The molecule has 0 amide bonds. The molecule has 1 atom stereocenters. The van der Waals surface area contributed by atoms with Crippen molar-refractivity contribution in [1.29, 1.82) is 0 Å². The number of methoxy groups -OCH3 is 3. The zero-order chi connectivity index (χ0) is 25.4. The molecule has 0 aliphatic rings. The number of alkyl halides is 1. The van der Waals surface area contributed by atoms with Crippen LogP contribution in [0.15, 0.2) is 66.7 Å². The number of ketones is 1. The number of ether oxygens (including phenoxy) is 3. The normalized spacial score (nSPS) is 12.2. The number of benzene rings is 3. The molecule has 0 aliphatic heterocycles. The van der Waals surface area contributed by atoms with Crippen LogP contribution >= 0.6 is 22.6 Å². The molecular formula is C28H32INO5. The number of halogens is 1. The second-order valence-electron chi connectivity index (χ2n) is 8.17. The van der Waals surface area contributed by atoms with E-state index in [0.717, 1.165) is 11.3 Å². The summed E-state index contributed by atoms with van der Waals surface area (Å²) in [5, 5.41) is 15.4. The largest absolute Gasteiger partial charge is 0.497 e. The van der Waals surface area contributed by atoms with E-state index in [9.17, 15) is 9.90 Å². The van der Waals surface area contributed by atoms with Crippen molar-refractivity contribution in [2.75, 3.05) is 32.8 Å². The summed E-state index contributed by atoms with van der Waals surface area (Å²) < 4.78 is 16.7. The Kier molecular flexibility index (Phi) is 9.54. The van der Waals surface area contributed by atoms with E-state index in [1.54, 1.807) is 28.4 Å². The molecule has 0 fully saturated rings. The third-order valence-electron chi connectivity index (χ3n) is 6.28. The zero-order valence-electron chi connectivity index (χ0n) is 20.5. The van der Waals surface area contributed by atoms with Crippen molar-refractivity contribution in [3.63, 3.8) is 0 Å². The summed E-state index contributed by atoms with van der Waals surface area (Å²) in [6.45, 7) is 0. The Bertz CT molecular complexity index is 1070. The summed E-state index contributed by atoms with van der Waals surface area (Å²) in [6.07, 6.45) is 1.24. The SMILES string of the molecule is CNC(CCc1cc(C(O)(c2ccc(OC)cc2)c2ccc(OC)cc2)ccc1OC)C(=O)CI. The molecule has 35 heavy (non-hydrogen) atoms. The molecule has 0 bridgehead atoms. The van der Waals surface area contributed by atoms with Gasteiger partial charge in [-0.05, 0) is 78.5 Å². The first kappa shape index (κ1) is 27.0. The van der Waals surface area contributed by atoms with Crippen molar-refractivity contribution in [3.8, 4) is 17.2 Å². The van der Waals surface area contributed by atoms with Crippen LogP contribution in [0.25, 0.3) is 0 Å². The van der Waals surface area contributed by atoms with E-state index in [0.29, 0.717) is 45.5 Å². The van der Waals surface area contributed by atoms with E-state index in [1.807, 2.05) is 66.7 Å². The Morgan fingerprint density at radius 1 is 0.886 bits per heavy atom. The summed E-state index contributed by atoms with van der Waals surface area (Å²) in [6, 6.07) is 20.3. The number of aliphatic hydroxyl groups is 1. The lowest BCUT2D eigenvalue weighted by atomic mass is 9.79. The van der Waals surface area contributed by atoms with E-state index in [4.69, 9.17) is 14.2 Å². The number of carbonyl (C=O) groups excluding carboxylic acids is 1. The van der Waals surface area contributed by atoms with Gasteiger partial charge in [-0.2, -0.15) is 0 Å². The lowest BCUT2D eigenvalue weighted by Gasteiger charge is -2.31. The Balaban J connectivity index is 2.09. The predicted molar refractivity (Wildman–Crippen MR) is 146 cm³/mol. The maximum Gasteiger partial charge on any atom is 0.159 e. The monoisotopic (exact) mass is 589 g/mol. The van der Waals surface area contributed by atoms with Crippen molar-refractivity contribution >= 4 is 28.4 Å². The van der Waals surface area contributed by atoms with E-state index in [-0.39, 0.29) is 11.8 Å². The van der Waals surface area contributed by atoms with Gasteiger partial charge in [0.25, 0.3) is 0 Å². The van der Waals surface area contributed by atoms with Crippen LogP contribution in [0, 0.1) is 0 Å². The third-order valence-corrected chi connectivity index (χ3v) is 7.04. The zero-order valence-corrected chi connectivity index (χ0v) is 22.7. The van der Waals surface area contributed by atoms with Crippen LogP contribution in [0.1, 0.15) is 28.7 Å². The highest BCUT2D eigenvalue weighted by molar-refractivity contribution is 14.1. The molecule has 3 rings (SSSR count). The number of hydrogen-bond donors (Lipinski definition) is 2. The average molecular weight is 589 g/mol. The van der Waals surface area contributed by atoms with Gasteiger partial charge >= 0.3 is 0 Å². The van der Waals surface area contributed by atoms with Gasteiger partial charge in [-0.15, -0.1) is 0 Å². The van der Waals surface area contributed by atoms with Gasteiger partial charge in [0.15, 0.2) is 5.78 Å². The maximum atomic E-state index is 12.3. The van der Waals surface area contributed by atoms with Crippen molar-refractivity contribution in [2.24, 2.45) is 0 Å². The topological polar surface area (TPSA) is 77.0 Å². The summed E-state index contributed by atoms with van der Waals surface area (Å²) >= 11 is 2.09. The van der Waals surface area contributed by atoms with Crippen molar-refractivity contribution in [1.82, 2.24) is 5.32 Å². The molecule has 0 radical (unpaired) electrons. The predicted octanol–water partition coefficient (Wildman–Crippen LogP) is 4.52. The van der Waals surface area contributed by atoms with Gasteiger partial charge in [0.2, 0.25) is 0 Å². The Labute approximate surface area is 220 Å². The molecule has 2 N–H and O–H groups in total. The van der Waals surface area contributed by atoms with Crippen LogP contribution in [0.3, 0.4) is 0 Å². The average Bonchev–Trinajstić information content (AvgIpc) is 2.92. The third kappa shape index (κ3) is 5.97. The Morgan fingerprint density at radius 3 is 1.83 bits per heavy atom. The molecule has 0 heterocycles. The van der Waals surface area contributed by atoms with Crippen molar-refractivity contribution in [2.45, 2.75) is 24.5 Å². The molecule has 7 heteroatoms. The number of aryl methyl sites for hydroxylation is 1. The number of Topliss-reactive ketones (excluding diaryl/α,β-unsaturated/α-hetero) is 1. The Morgan fingerprint density at radius 2 is 1.40 bits per heavy atom. The van der Waals surface area contributed by atoms with Crippen LogP contribution < -0.4 is 19.5 Å². The van der Waals surface area contributed by atoms with Crippen molar-refractivity contribution < 1.29 is 24.1 Å². The van der Waals surface area contributed by atoms with E-state index in [2.05, 4.69) is 27.9 Å². The van der Waals surface area contributed by atoms with Crippen LogP contribution in [-0.2, 0) is 16.8 Å². The van der Waals surface area contributed by atoms with Crippen LogP contribution in [0.5, 0.6) is 17.2 Å². The number of hydrogen-bond acceptors (Lipinski definition) is 6. The van der Waals surface area contributed by atoms with Crippen LogP contribution in [0.4, 0.5) is 0 Å². The van der Waals surface area contributed by atoms with Gasteiger partial charge in [0.1, 0.15) is 22.8 Å². The van der Waals surface area contributed by atoms with Gasteiger partial charge in [-0.3, -0.25) is 4.79 Å². The fourth-order valence-electron chi connectivity index (χ4n) is 4.22. The highest BCUT2D eigenvalue weighted by Gasteiger charge is 2.34. The first-order valence-corrected chi connectivity index (χ1v) is 12.9. The van der Waals surface area contributed by atoms with Crippen LogP contribution in [-0.4, -0.2) is 49.7 Å². The molecule has 186 valence electrons. The van der Waals surface area contributed by atoms with Gasteiger partial charge in [0, 0.05) is 0 Å². The summed E-state index contributed by atoms with van der Waals surface area (Å²) in [4.78, 5) is 12.3. The molecule has 0 aliphatic carbocycles. The molecule has 0 saturated carbocycles. The van der Waals surface area contributed by atoms with Gasteiger partial charge in [0.05, 0.1) is 31.8 Å². The van der Waals surface area contributed by atoms with Gasteiger partial charge < -0.3 is 24.6 Å². The molecule has 3 aromatic carbocycles. The van der Waals surface area contributed by atoms with Crippen molar-refractivity contribution in [3.05, 3.63) is 89.0 Å². The minimum atomic E-state index is -1.43. The molecule has 0 aromatic heterocycles. The molecule has 6 nitrogen and oxygen atoms in total. The Hall–Kier alpha value is -2.62. The maximum absolute atomic E-state index is 12.3. The fraction of sp³-hybridized carbons (Fsp3) is 0.321. The fourth-order valence-corrected chi connectivity index (χ4v) is 4.75. The lowest BCUT2D eigenvalue weighted by molar-refractivity contribution is -0.118. The summed E-state index contributed by atoms with van der Waals surface area (Å²) in [5.74, 6) is 2.30.